The summed E-state index contributed by atoms with van der Waals surface area (Å²) in [5.74, 6) is 6.16. The van der Waals surface area contributed by atoms with Crippen LogP contribution in [0.1, 0.15) is 4.88 Å². The van der Waals surface area contributed by atoms with Crippen molar-refractivity contribution in [3.05, 3.63) is 41.1 Å². The highest BCUT2D eigenvalue weighted by Gasteiger charge is 1.85. The van der Waals surface area contributed by atoms with E-state index < -0.39 is 0 Å². The van der Waals surface area contributed by atoms with Gasteiger partial charge in [0.25, 0.3) is 0 Å². The largest absolute Gasteiger partial charge is 0.326 e. The molecule has 0 saturated heterocycles. The zero-order valence-corrected chi connectivity index (χ0v) is 7.79. The fourth-order valence-electron chi connectivity index (χ4n) is 0.948. The van der Waals surface area contributed by atoms with E-state index in [1.54, 1.807) is 23.9 Å². The lowest BCUT2D eigenvalue weighted by molar-refractivity contribution is 0.840. The van der Waals surface area contributed by atoms with Crippen molar-refractivity contribution >= 4 is 11.3 Å². The first-order chi connectivity index (χ1) is 6.45. The highest BCUT2D eigenvalue weighted by molar-refractivity contribution is 7.10. The minimum absolute atomic E-state index is 0.706. The van der Waals surface area contributed by atoms with Gasteiger partial charge in [-0.25, -0.2) is 4.98 Å². The molecule has 0 aliphatic heterocycles. The smallest absolute Gasteiger partial charge is 0.0954 e. The van der Waals surface area contributed by atoms with Gasteiger partial charge in [-0.15, -0.1) is 11.3 Å². The van der Waals surface area contributed by atoms with Crippen molar-refractivity contribution in [1.29, 1.82) is 0 Å². The highest BCUT2D eigenvalue weighted by atomic mass is 32.1. The van der Waals surface area contributed by atoms with Crippen molar-refractivity contribution in [3.63, 3.8) is 0 Å². The Morgan fingerprint density at radius 2 is 2.54 bits per heavy atom. The van der Waals surface area contributed by atoms with Gasteiger partial charge >= 0.3 is 0 Å². The molecule has 0 unspecified atom stereocenters. The summed E-state index contributed by atoms with van der Waals surface area (Å²) in [4.78, 5) is 5.05. The van der Waals surface area contributed by atoms with Gasteiger partial charge in [-0.1, -0.05) is 17.9 Å². The average Bonchev–Trinajstić information content (AvgIpc) is 2.75. The Bertz CT molecular complexity index is 403. The summed E-state index contributed by atoms with van der Waals surface area (Å²) < 4.78 is 1.95. The summed E-state index contributed by atoms with van der Waals surface area (Å²) in [6.07, 6.45) is 5.43. The van der Waals surface area contributed by atoms with Gasteiger partial charge in [0, 0.05) is 12.4 Å². The summed E-state index contributed by atoms with van der Waals surface area (Å²) in [6, 6.07) is 4.03. The Labute approximate surface area is 80.9 Å². The number of hydrogen-bond donors (Lipinski definition) is 0. The molecule has 2 heterocycles. The van der Waals surface area contributed by atoms with Crippen LogP contribution in [0.2, 0.25) is 0 Å². The number of nitrogens with zero attached hydrogens (tertiary/aromatic N) is 2. The van der Waals surface area contributed by atoms with Gasteiger partial charge in [0.05, 0.1) is 17.7 Å². The van der Waals surface area contributed by atoms with Gasteiger partial charge in [0.1, 0.15) is 0 Å². The van der Waals surface area contributed by atoms with Crippen LogP contribution in [-0.2, 0) is 6.54 Å². The Kier molecular flexibility index (Phi) is 2.44. The topological polar surface area (TPSA) is 17.8 Å². The number of thiophene rings is 1. The van der Waals surface area contributed by atoms with E-state index in [1.807, 2.05) is 28.3 Å². The molecule has 2 aromatic heterocycles. The lowest BCUT2D eigenvalue weighted by atomic mass is 10.4. The van der Waals surface area contributed by atoms with Crippen LogP contribution in [0.15, 0.2) is 36.2 Å². The normalized spacial score (nSPS) is 9.23. The van der Waals surface area contributed by atoms with E-state index in [9.17, 15) is 0 Å². The van der Waals surface area contributed by atoms with Crippen molar-refractivity contribution in [2.75, 3.05) is 0 Å². The van der Waals surface area contributed by atoms with Gasteiger partial charge in [0.15, 0.2) is 0 Å². The Balaban J connectivity index is 1.99. The average molecular weight is 188 g/mol. The van der Waals surface area contributed by atoms with Gasteiger partial charge in [-0.2, -0.15) is 0 Å². The van der Waals surface area contributed by atoms with E-state index in [1.165, 1.54) is 0 Å². The van der Waals surface area contributed by atoms with Crippen molar-refractivity contribution in [2.24, 2.45) is 0 Å². The van der Waals surface area contributed by atoms with E-state index in [0.717, 1.165) is 4.88 Å². The molecule has 0 atom stereocenters. The third kappa shape index (κ3) is 2.20. The monoisotopic (exact) mass is 188 g/mol. The molecular formula is C10H8N2S. The van der Waals surface area contributed by atoms with Crippen LogP contribution in [0, 0.1) is 11.8 Å². The lowest BCUT2D eigenvalue weighted by Gasteiger charge is -1.89. The second kappa shape index (κ2) is 3.92. The zero-order valence-electron chi connectivity index (χ0n) is 6.97. The Morgan fingerprint density at radius 1 is 1.54 bits per heavy atom. The molecule has 0 aliphatic carbocycles. The molecule has 13 heavy (non-hydrogen) atoms. The van der Waals surface area contributed by atoms with Crippen molar-refractivity contribution in [1.82, 2.24) is 9.55 Å². The first-order valence-corrected chi connectivity index (χ1v) is 4.81. The zero-order chi connectivity index (χ0) is 8.93. The highest BCUT2D eigenvalue weighted by Crippen LogP contribution is 2.05. The molecule has 0 bridgehead atoms. The molecule has 2 nitrogen and oxygen atoms in total. The van der Waals surface area contributed by atoms with E-state index >= 15 is 0 Å². The maximum Gasteiger partial charge on any atom is 0.0954 e. The molecule has 0 amide bonds. The first kappa shape index (κ1) is 8.09. The molecule has 0 N–H and O–H groups in total. The number of aromatic nitrogens is 2. The van der Waals surface area contributed by atoms with Crippen molar-refractivity contribution in [2.45, 2.75) is 6.54 Å². The predicted molar refractivity (Wildman–Crippen MR) is 53.4 cm³/mol. The molecule has 0 aliphatic rings. The van der Waals surface area contributed by atoms with Gasteiger partial charge in [-0.05, 0) is 11.4 Å². The van der Waals surface area contributed by atoms with Crippen LogP contribution in [0.5, 0.6) is 0 Å². The van der Waals surface area contributed by atoms with Crippen LogP contribution < -0.4 is 0 Å². The maximum atomic E-state index is 3.94. The third-order valence-corrected chi connectivity index (χ3v) is 2.34. The summed E-state index contributed by atoms with van der Waals surface area (Å²) in [7, 11) is 0. The number of imidazole rings is 1. The minimum atomic E-state index is 0.706. The van der Waals surface area contributed by atoms with E-state index in [4.69, 9.17) is 0 Å². The fourth-order valence-corrected chi connectivity index (χ4v) is 1.54. The van der Waals surface area contributed by atoms with Gasteiger partial charge < -0.3 is 4.57 Å². The summed E-state index contributed by atoms with van der Waals surface area (Å²) in [5.41, 5.74) is 0. The summed E-state index contributed by atoms with van der Waals surface area (Å²) in [6.45, 7) is 0.706. The Morgan fingerprint density at radius 3 is 3.23 bits per heavy atom. The van der Waals surface area contributed by atoms with E-state index in [-0.39, 0.29) is 0 Å². The molecule has 0 saturated carbocycles. The maximum absolute atomic E-state index is 3.94. The molecule has 3 heteroatoms. The van der Waals surface area contributed by atoms with Crippen molar-refractivity contribution < 1.29 is 0 Å². The molecule has 2 rings (SSSR count). The fraction of sp³-hybridized carbons (Fsp3) is 0.100. The van der Waals surface area contributed by atoms with Crippen LogP contribution in [0.3, 0.4) is 0 Å². The predicted octanol–water partition coefficient (Wildman–Crippen LogP) is 2.00. The van der Waals surface area contributed by atoms with Crippen LogP contribution in [0.4, 0.5) is 0 Å². The van der Waals surface area contributed by atoms with Crippen LogP contribution in [-0.4, -0.2) is 9.55 Å². The van der Waals surface area contributed by atoms with E-state index in [2.05, 4.69) is 16.8 Å². The van der Waals surface area contributed by atoms with Gasteiger partial charge in [-0.3, -0.25) is 0 Å². The van der Waals surface area contributed by atoms with Crippen LogP contribution in [0.25, 0.3) is 0 Å². The minimum Gasteiger partial charge on any atom is -0.326 e. The van der Waals surface area contributed by atoms with Crippen LogP contribution >= 0.6 is 11.3 Å². The summed E-state index contributed by atoms with van der Waals surface area (Å²) in [5, 5.41) is 2.03. The second-order valence-electron chi connectivity index (χ2n) is 2.51. The van der Waals surface area contributed by atoms with Gasteiger partial charge in [0.2, 0.25) is 0 Å². The van der Waals surface area contributed by atoms with E-state index in [0.29, 0.717) is 6.54 Å². The molecule has 0 aromatic carbocycles. The molecule has 2 aromatic rings. The molecule has 0 spiro atoms. The first-order valence-electron chi connectivity index (χ1n) is 3.93. The standard InChI is InChI=1S/C10H8N2S/c1(3-10-4-2-8-13-10)6-12-7-5-11-9-12/h2,4-5,7-9H,6H2. The molecular weight excluding hydrogens is 180 g/mol. The SMILES string of the molecule is C(#Cc1cccs1)Cn1ccnc1. The Hall–Kier alpha value is -1.53. The molecule has 0 fully saturated rings. The quantitative estimate of drug-likeness (QED) is 0.626. The second-order valence-corrected chi connectivity index (χ2v) is 3.46. The van der Waals surface area contributed by atoms with Crippen molar-refractivity contribution in [3.8, 4) is 11.8 Å². The molecule has 0 radical (unpaired) electrons. The number of hydrogen-bond acceptors (Lipinski definition) is 2. The third-order valence-electron chi connectivity index (χ3n) is 1.55. The lowest BCUT2D eigenvalue weighted by Crippen LogP contribution is -1.89. The number of rotatable bonds is 1. The molecule has 64 valence electrons. The summed E-state index contributed by atoms with van der Waals surface area (Å²) >= 11 is 1.66.